The van der Waals surface area contributed by atoms with Crippen molar-refractivity contribution >= 4 is 0 Å². The summed E-state index contributed by atoms with van der Waals surface area (Å²) in [6, 6.07) is 4.80. The van der Waals surface area contributed by atoms with Crippen molar-refractivity contribution in [1.29, 1.82) is 0 Å². The zero-order valence-electron chi connectivity index (χ0n) is 13.4. The number of likely N-dealkylation sites (N-methyl/N-ethyl adjacent to an activating group) is 1. The Morgan fingerprint density at radius 2 is 2.04 bits per heavy atom. The largest absolute Gasteiger partial charge is 0.416 e. The maximum Gasteiger partial charge on any atom is 0.416 e. The molecule has 1 heterocycles. The van der Waals surface area contributed by atoms with E-state index in [4.69, 9.17) is 4.74 Å². The van der Waals surface area contributed by atoms with E-state index in [0.29, 0.717) is 13.2 Å². The van der Waals surface area contributed by atoms with Crippen LogP contribution in [-0.4, -0.2) is 55.9 Å². The molecule has 0 spiro atoms. The molecule has 130 valence electrons. The maximum absolute atomic E-state index is 12.8. The number of halogens is 3. The molecule has 0 aromatic heterocycles. The normalized spacial score (nSPS) is 22.8. The maximum atomic E-state index is 12.8. The molecule has 2 atom stereocenters. The van der Waals surface area contributed by atoms with Gasteiger partial charge in [-0.05, 0) is 31.7 Å². The molecule has 0 aliphatic carbocycles. The number of ether oxygens (including phenoxy) is 1. The van der Waals surface area contributed by atoms with Gasteiger partial charge in [-0.25, -0.2) is 0 Å². The minimum absolute atomic E-state index is 0.0195. The SMILES string of the molecule is CN1CCOC(CNCC(C)(O)c2cccc(C(F)(F)F)c2)C1. The van der Waals surface area contributed by atoms with Crippen molar-refractivity contribution in [3.8, 4) is 0 Å². The first kappa shape index (κ1) is 18.2. The lowest BCUT2D eigenvalue weighted by atomic mass is 9.94. The summed E-state index contributed by atoms with van der Waals surface area (Å²) < 4.78 is 43.9. The van der Waals surface area contributed by atoms with Crippen LogP contribution in [0.25, 0.3) is 0 Å². The smallest absolute Gasteiger partial charge is 0.384 e. The van der Waals surface area contributed by atoms with Crippen LogP contribution >= 0.6 is 0 Å². The summed E-state index contributed by atoms with van der Waals surface area (Å²) in [5.74, 6) is 0. The van der Waals surface area contributed by atoms with Crippen LogP contribution in [0, 0.1) is 0 Å². The van der Waals surface area contributed by atoms with Gasteiger partial charge < -0.3 is 20.1 Å². The predicted octanol–water partition coefficient (Wildman–Crippen LogP) is 1.83. The van der Waals surface area contributed by atoms with Gasteiger partial charge in [0.2, 0.25) is 0 Å². The molecular weight excluding hydrogens is 309 g/mol. The molecule has 0 amide bonds. The molecule has 2 rings (SSSR count). The summed E-state index contributed by atoms with van der Waals surface area (Å²) >= 11 is 0. The van der Waals surface area contributed by atoms with Gasteiger partial charge in [-0.15, -0.1) is 0 Å². The average molecular weight is 332 g/mol. The molecule has 1 aromatic carbocycles. The lowest BCUT2D eigenvalue weighted by Crippen LogP contribution is -2.47. The zero-order valence-corrected chi connectivity index (χ0v) is 13.4. The molecule has 0 radical (unpaired) electrons. The quantitative estimate of drug-likeness (QED) is 0.864. The number of benzene rings is 1. The Hall–Kier alpha value is -1.15. The van der Waals surface area contributed by atoms with Gasteiger partial charge in [0, 0.05) is 26.2 Å². The minimum Gasteiger partial charge on any atom is -0.384 e. The first-order valence-corrected chi connectivity index (χ1v) is 7.59. The Morgan fingerprint density at radius 3 is 2.70 bits per heavy atom. The highest BCUT2D eigenvalue weighted by atomic mass is 19.4. The van der Waals surface area contributed by atoms with E-state index in [0.717, 1.165) is 25.2 Å². The Kier molecular flexibility index (Phi) is 5.67. The number of nitrogens with one attached hydrogen (secondary N) is 1. The van der Waals surface area contributed by atoms with Crippen molar-refractivity contribution in [1.82, 2.24) is 10.2 Å². The molecule has 0 bridgehead atoms. The summed E-state index contributed by atoms with van der Waals surface area (Å²) in [5, 5.41) is 13.6. The van der Waals surface area contributed by atoms with Crippen molar-refractivity contribution in [2.24, 2.45) is 0 Å². The van der Waals surface area contributed by atoms with E-state index in [9.17, 15) is 18.3 Å². The topological polar surface area (TPSA) is 44.7 Å². The first-order valence-electron chi connectivity index (χ1n) is 7.59. The van der Waals surface area contributed by atoms with E-state index in [-0.39, 0.29) is 18.2 Å². The van der Waals surface area contributed by atoms with Crippen LogP contribution in [0.15, 0.2) is 24.3 Å². The van der Waals surface area contributed by atoms with Crippen LogP contribution in [0.4, 0.5) is 13.2 Å². The fourth-order valence-electron chi connectivity index (χ4n) is 2.60. The van der Waals surface area contributed by atoms with Crippen LogP contribution in [0.1, 0.15) is 18.1 Å². The van der Waals surface area contributed by atoms with Gasteiger partial charge >= 0.3 is 6.18 Å². The molecule has 1 fully saturated rings. The number of hydrogen-bond acceptors (Lipinski definition) is 4. The molecular formula is C16H23F3N2O2. The van der Waals surface area contributed by atoms with Gasteiger partial charge in [0.15, 0.2) is 0 Å². The standard InChI is InChI=1S/C16H23F3N2O2/c1-15(22,11-20-9-14-10-21(2)6-7-23-14)12-4-3-5-13(8-12)16(17,18)19/h3-5,8,14,20,22H,6-7,9-11H2,1-2H3. The van der Waals surface area contributed by atoms with Crippen LogP contribution in [-0.2, 0) is 16.5 Å². The average Bonchev–Trinajstić information content (AvgIpc) is 2.46. The van der Waals surface area contributed by atoms with E-state index in [2.05, 4.69) is 10.2 Å². The first-order chi connectivity index (χ1) is 10.7. The van der Waals surface area contributed by atoms with E-state index in [1.165, 1.54) is 19.1 Å². The highest BCUT2D eigenvalue weighted by Gasteiger charge is 2.32. The third-order valence-electron chi connectivity index (χ3n) is 3.99. The minimum atomic E-state index is -4.42. The molecule has 23 heavy (non-hydrogen) atoms. The van der Waals surface area contributed by atoms with Gasteiger partial charge in [-0.2, -0.15) is 13.2 Å². The van der Waals surface area contributed by atoms with Crippen molar-refractivity contribution < 1.29 is 23.0 Å². The zero-order chi connectivity index (χ0) is 17.1. The summed E-state index contributed by atoms with van der Waals surface area (Å²) in [6.45, 7) is 4.53. The monoisotopic (exact) mass is 332 g/mol. The van der Waals surface area contributed by atoms with Crippen LogP contribution < -0.4 is 5.32 Å². The molecule has 4 nitrogen and oxygen atoms in total. The Labute approximate surface area is 134 Å². The van der Waals surface area contributed by atoms with Crippen molar-refractivity contribution in [3.63, 3.8) is 0 Å². The molecule has 0 saturated carbocycles. The van der Waals surface area contributed by atoms with Gasteiger partial charge in [0.25, 0.3) is 0 Å². The van der Waals surface area contributed by atoms with Gasteiger partial charge in [0.05, 0.1) is 23.9 Å². The fourth-order valence-corrected chi connectivity index (χ4v) is 2.60. The van der Waals surface area contributed by atoms with Gasteiger partial charge in [-0.1, -0.05) is 12.1 Å². The third kappa shape index (κ3) is 5.17. The second-order valence-electron chi connectivity index (χ2n) is 6.24. The van der Waals surface area contributed by atoms with E-state index in [1.807, 2.05) is 7.05 Å². The highest BCUT2D eigenvalue weighted by molar-refractivity contribution is 5.29. The van der Waals surface area contributed by atoms with E-state index in [1.54, 1.807) is 0 Å². The predicted molar refractivity (Wildman–Crippen MR) is 81.1 cm³/mol. The number of hydrogen-bond donors (Lipinski definition) is 2. The Balaban J connectivity index is 1.93. The molecule has 1 aliphatic rings. The summed E-state index contributed by atoms with van der Waals surface area (Å²) in [6.07, 6.45) is -4.40. The van der Waals surface area contributed by atoms with E-state index >= 15 is 0 Å². The molecule has 2 unspecified atom stereocenters. The number of nitrogens with zero attached hydrogens (tertiary/aromatic N) is 1. The summed E-state index contributed by atoms with van der Waals surface area (Å²) in [7, 11) is 2.01. The lowest BCUT2D eigenvalue weighted by molar-refractivity contribution is -0.137. The third-order valence-corrected chi connectivity index (χ3v) is 3.99. The molecule has 7 heteroatoms. The van der Waals surface area contributed by atoms with Crippen molar-refractivity contribution in [2.75, 3.05) is 39.8 Å². The lowest BCUT2D eigenvalue weighted by Gasteiger charge is -2.31. The van der Waals surface area contributed by atoms with Gasteiger partial charge in [0.1, 0.15) is 0 Å². The molecule has 1 saturated heterocycles. The second-order valence-corrected chi connectivity index (χ2v) is 6.24. The second kappa shape index (κ2) is 7.17. The Bertz CT molecular complexity index is 520. The number of morpholine rings is 1. The molecule has 1 aliphatic heterocycles. The highest BCUT2D eigenvalue weighted by Crippen LogP contribution is 2.31. The summed E-state index contributed by atoms with van der Waals surface area (Å²) in [4.78, 5) is 2.15. The number of aliphatic hydroxyl groups is 1. The number of rotatable bonds is 5. The van der Waals surface area contributed by atoms with Crippen molar-refractivity contribution in [2.45, 2.75) is 24.8 Å². The van der Waals surface area contributed by atoms with E-state index < -0.39 is 17.3 Å². The Morgan fingerprint density at radius 1 is 1.35 bits per heavy atom. The fraction of sp³-hybridized carbons (Fsp3) is 0.625. The molecule has 2 N–H and O–H groups in total. The summed E-state index contributed by atoms with van der Waals surface area (Å²) in [5.41, 5.74) is -1.91. The van der Waals surface area contributed by atoms with Crippen LogP contribution in [0.5, 0.6) is 0 Å². The molecule has 1 aromatic rings. The van der Waals surface area contributed by atoms with Crippen molar-refractivity contribution in [3.05, 3.63) is 35.4 Å². The van der Waals surface area contributed by atoms with Crippen LogP contribution in [0.2, 0.25) is 0 Å². The van der Waals surface area contributed by atoms with Gasteiger partial charge in [-0.3, -0.25) is 0 Å². The number of alkyl halides is 3. The van der Waals surface area contributed by atoms with Crippen LogP contribution in [0.3, 0.4) is 0 Å².